The molecule has 0 aromatic heterocycles. The molecule has 0 aliphatic carbocycles. The maximum Gasteiger partial charge on any atom is 0.127 e. The van der Waals surface area contributed by atoms with Gasteiger partial charge in [-0.15, -0.1) is 0 Å². The van der Waals surface area contributed by atoms with Gasteiger partial charge in [0.2, 0.25) is 0 Å². The molecule has 0 spiro atoms. The van der Waals surface area contributed by atoms with Gasteiger partial charge in [-0.1, -0.05) is 11.6 Å². The van der Waals surface area contributed by atoms with E-state index in [2.05, 4.69) is 0 Å². The van der Waals surface area contributed by atoms with Crippen LogP contribution < -0.4 is 14.5 Å². The number of aliphatic hydroxyl groups is 2. The summed E-state index contributed by atoms with van der Waals surface area (Å²) >= 11 is 5.81. The SMILES string of the molecule is OCC[NH+]1CC[NH+](C[C@@H](O)COCCOc2ccc(Cl)cc2)CC1. The highest BCUT2D eigenvalue weighted by atomic mass is 35.5. The molecule has 6 nitrogen and oxygen atoms in total. The minimum Gasteiger partial charge on any atom is -0.491 e. The zero-order chi connectivity index (χ0) is 17.2. The number of halogens is 1. The zero-order valence-electron chi connectivity index (χ0n) is 14.0. The molecule has 1 fully saturated rings. The summed E-state index contributed by atoms with van der Waals surface area (Å²) < 4.78 is 11.0. The van der Waals surface area contributed by atoms with Crippen molar-refractivity contribution in [3.63, 3.8) is 0 Å². The third kappa shape index (κ3) is 7.34. The number of ether oxygens (including phenoxy) is 2. The molecule has 1 heterocycles. The molecule has 1 saturated heterocycles. The number of hydrogen-bond donors (Lipinski definition) is 4. The normalized spacial score (nSPS) is 22.3. The van der Waals surface area contributed by atoms with Crippen LogP contribution in [-0.4, -0.2) is 82.0 Å². The molecular formula is C17H29ClN2O4+2. The van der Waals surface area contributed by atoms with Crippen molar-refractivity contribution in [3.05, 3.63) is 29.3 Å². The van der Waals surface area contributed by atoms with Gasteiger partial charge in [0.25, 0.3) is 0 Å². The van der Waals surface area contributed by atoms with Gasteiger partial charge in [0.1, 0.15) is 57.7 Å². The molecule has 1 aromatic rings. The van der Waals surface area contributed by atoms with Crippen LogP contribution in [0.1, 0.15) is 0 Å². The lowest BCUT2D eigenvalue weighted by atomic mass is 10.2. The van der Waals surface area contributed by atoms with Gasteiger partial charge in [0, 0.05) is 5.02 Å². The molecule has 2 rings (SSSR count). The Hall–Kier alpha value is -0.890. The molecule has 4 N–H and O–H groups in total. The summed E-state index contributed by atoms with van der Waals surface area (Å²) in [6.07, 6.45) is -0.449. The fraction of sp³-hybridized carbons (Fsp3) is 0.647. The van der Waals surface area contributed by atoms with E-state index in [1.165, 1.54) is 9.80 Å². The Morgan fingerprint density at radius 1 is 1.04 bits per heavy atom. The fourth-order valence-corrected chi connectivity index (χ4v) is 3.06. The van der Waals surface area contributed by atoms with Crippen LogP contribution in [0.5, 0.6) is 5.75 Å². The highest BCUT2D eigenvalue weighted by Crippen LogP contribution is 2.15. The third-order valence-corrected chi connectivity index (χ3v) is 4.53. The first-order chi connectivity index (χ1) is 11.7. The molecule has 1 aliphatic rings. The van der Waals surface area contributed by atoms with Crippen molar-refractivity contribution in [2.45, 2.75) is 6.10 Å². The van der Waals surface area contributed by atoms with E-state index in [-0.39, 0.29) is 6.61 Å². The van der Waals surface area contributed by atoms with Gasteiger partial charge in [-0.05, 0) is 24.3 Å². The lowest BCUT2D eigenvalue weighted by Gasteiger charge is -2.30. The molecule has 136 valence electrons. The first kappa shape index (κ1) is 19.4. The van der Waals surface area contributed by atoms with Gasteiger partial charge in [0.05, 0.1) is 19.8 Å². The molecule has 0 saturated carbocycles. The van der Waals surface area contributed by atoms with Crippen molar-refractivity contribution in [1.29, 1.82) is 0 Å². The predicted octanol–water partition coefficient (Wildman–Crippen LogP) is -2.13. The van der Waals surface area contributed by atoms with Crippen LogP contribution >= 0.6 is 11.6 Å². The Morgan fingerprint density at radius 2 is 1.71 bits per heavy atom. The van der Waals surface area contributed by atoms with Crippen molar-refractivity contribution in [2.24, 2.45) is 0 Å². The van der Waals surface area contributed by atoms with Gasteiger partial charge >= 0.3 is 0 Å². The van der Waals surface area contributed by atoms with Gasteiger partial charge in [0.15, 0.2) is 0 Å². The molecule has 0 bridgehead atoms. The lowest BCUT2D eigenvalue weighted by Crippen LogP contribution is -3.28. The van der Waals surface area contributed by atoms with E-state index in [1.807, 2.05) is 12.1 Å². The van der Waals surface area contributed by atoms with Crippen molar-refractivity contribution >= 4 is 11.6 Å². The number of rotatable bonds is 10. The van der Waals surface area contributed by atoms with E-state index in [1.54, 1.807) is 12.1 Å². The van der Waals surface area contributed by atoms with Crippen LogP contribution in [0.15, 0.2) is 24.3 Å². The average molecular weight is 361 g/mol. The van der Waals surface area contributed by atoms with Crippen molar-refractivity contribution in [3.8, 4) is 5.75 Å². The Kier molecular flexibility index (Phi) is 8.80. The molecule has 0 unspecified atom stereocenters. The summed E-state index contributed by atoms with van der Waals surface area (Å²) in [5.74, 6) is 0.760. The number of piperazine rings is 1. The summed E-state index contributed by atoms with van der Waals surface area (Å²) in [5, 5.41) is 19.7. The minimum absolute atomic E-state index is 0.249. The predicted molar refractivity (Wildman–Crippen MR) is 92.0 cm³/mol. The summed E-state index contributed by atoms with van der Waals surface area (Å²) in [7, 11) is 0. The smallest absolute Gasteiger partial charge is 0.127 e. The Bertz CT molecular complexity index is 452. The first-order valence-electron chi connectivity index (χ1n) is 8.59. The molecule has 1 aliphatic heterocycles. The first-order valence-corrected chi connectivity index (χ1v) is 8.97. The molecule has 0 amide bonds. The second-order valence-electron chi connectivity index (χ2n) is 6.21. The van der Waals surface area contributed by atoms with E-state index < -0.39 is 6.10 Å². The van der Waals surface area contributed by atoms with E-state index >= 15 is 0 Å². The van der Waals surface area contributed by atoms with Gasteiger partial charge < -0.3 is 29.5 Å². The fourth-order valence-electron chi connectivity index (χ4n) is 2.93. The molecule has 24 heavy (non-hydrogen) atoms. The van der Waals surface area contributed by atoms with Gasteiger partial charge in [-0.25, -0.2) is 0 Å². The van der Waals surface area contributed by atoms with E-state index in [0.29, 0.717) is 31.4 Å². The van der Waals surface area contributed by atoms with E-state index in [0.717, 1.165) is 38.5 Å². The summed E-state index contributed by atoms with van der Waals surface area (Å²) in [5.41, 5.74) is 0. The van der Waals surface area contributed by atoms with E-state index in [9.17, 15) is 5.11 Å². The Labute approximate surface area is 148 Å². The minimum atomic E-state index is -0.449. The second kappa shape index (κ2) is 10.9. The van der Waals surface area contributed by atoms with Gasteiger partial charge in [-0.3, -0.25) is 0 Å². The monoisotopic (exact) mass is 360 g/mol. The number of aliphatic hydroxyl groups excluding tert-OH is 2. The molecule has 0 radical (unpaired) electrons. The number of hydrogen-bond acceptors (Lipinski definition) is 4. The second-order valence-corrected chi connectivity index (χ2v) is 6.65. The summed E-state index contributed by atoms with van der Waals surface area (Å²) in [4.78, 5) is 2.86. The summed E-state index contributed by atoms with van der Waals surface area (Å²) in [6.45, 7) is 7.19. The van der Waals surface area contributed by atoms with Crippen molar-refractivity contribution in [2.75, 3.05) is 65.7 Å². The molecule has 1 atom stereocenters. The third-order valence-electron chi connectivity index (χ3n) is 4.27. The maximum atomic E-state index is 10.1. The Morgan fingerprint density at radius 3 is 2.38 bits per heavy atom. The molecule has 7 heteroatoms. The number of quaternary nitrogens is 2. The van der Waals surface area contributed by atoms with Gasteiger partial charge in [-0.2, -0.15) is 0 Å². The standard InChI is InChI=1S/C17H27ClN2O4/c18-15-1-3-17(4-2-15)24-12-11-23-14-16(22)13-20-7-5-19(6-8-20)9-10-21/h1-4,16,21-22H,5-14H2/p+2/t16-/m1/s1. The summed E-state index contributed by atoms with van der Waals surface area (Å²) in [6, 6.07) is 7.20. The lowest BCUT2D eigenvalue weighted by molar-refractivity contribution is -1.01. The quantitative estimate of drug-likeness (QED) is 0.360. The Balaban J connectivity index is 1.51. The van der Waals surface area contributed by atoms with Crippen LogP contribution in [0.4, 0.5) is 0 Å². The van der Waals surface area contributed by atoms with Crippen LogP contribution in [0, 0.1) is 0 Å². The van der Waals surface area contributed by atoms with Crippen molar-refractivity contribution in [1.82, 2.24) is 0 Å². The highest BCUT2D eigenvalue weighted by Gasteiger charge is 2.24. The van der Waals surface area contributed by atoms with Crippen LogP contribution in [0.25, 0.3) is 0 Å². The van der Waals surface area contributed by atoms with Crippen LogP contribution in [0.2, 0.25) is 5.02 Å². The largest absolute Gasteiger partial charge is 0.491 e. The van der Waals surface area contributed by atoms with Crippen LogP contribution in [0.3, 0.4) is 0 Å². The number of nitrogens with one attached hydrogen (secondary N) is 2. The maximum absolute atomic E-state index is 10.1. The highest BCUT2D eigenvalue weighted by molar-refractivity contribution is 6.30. The molecule has 1 aromatic carbocycles. The topological polar surface area (TPSA) is 67.8 Å². The van der Waals surface area contributed by atoms with Crippen LogP contribution in [-0.2, 0) is 4.74 Å². The zero-order valence-corrected chi connectivity index (χ0v) is 14.8. The molecular weight excluding hydrogens is 332 g/mol. The van der Waals surface area contributed by atoms with Crippen molar-refractivity contribution < 1.29 is 29.5 Å². The number of benzene rings is 1. The van der Waals surface area contributed by atoms with E-state index in [4.69, 9.17) is 26.2 Å². The average Bonchev–Trinajstić information content (AvgIpc) is 2.58.